The van der Waals surface area contributed by atoms with E-state index in [1.54, 1.807) is 24.3 Å². The van der Waals surface area contributed by atoms with E-state index in [0.717, 1.165) is 0 Å². The molecule has 5 aromatic rings. The van der Waals surface area contributed by atoms with Crippen LogP contribution in [0.3, 0.4) is 0 Å². The molecular formula is C20H12N2O11S3. The number of rotatable bonds is 3. The predicted octanol–water partition coefficient (Wildman–Crippen LogP) is 1.42. The molecule has 5 N–H and O–H groups in total. The summed E-state index contributed by atoms with van der Waals surface area (Å²) in [5.74, 6) is 0. The Morgan fingerprint density at radius 2 is 1.08 bits per heavy atom. The van der Waals surface area contributed by atoms with Gasteiger partial charge in [0.15, 0.2) is 10.9 Å². The summed E-state index contributed by atoms with van der Waals surface area (Å²) in [4.78, 5) is 26.6. The van der Waals surface area contributed by atoms with Gasteiger partial charge in [0.2, 0.25) is 0 Å². The van der Waals surface area contributed by atoms with Gasteiger partial charge in [-0.1, -0.05) is 12.1 Å². The van der Waals surface area contributed by atoms with Crippen molar-refractivity contribution in [2.75, 3.05) is 0 Å². The van der Waals surface area contributed by atoms with Crippen LogP contribution in [0.1, 0.15) is 0 Å². The van der Waals surface area contributed by atoms with E-state index in [9.17, 15) is 48.5 Å². The molecule has 0 saturated carbocycles. The molecule has 16 heteroatoms. The highest BCUT2D eigenvalue weighted by molar-refractivity contribution is 7.90. The van der Waals surface area contributed by atoms with Crippen LogP contribution in [0.25, 0.3) is 43.6 Å². The highest BCUT2D eigenvalue weighted by atomic mass is 32.2. The molecule has 5 rings (SSSR count). The molecule has 186 valence electrons. The van der Waals surface area contributed by atoms with Gasteiger partial charge in [-0.05, 0) is 30.3 Å². The summed E-state index contributed by atoms with van der Waals surface area (Å²) in [6.07, 6.45) is 0. The lowest BCUT2D eigenvalue weighted by Crippen LogP contribution is -2.19. The molecule has 0 radical (unpaired) electrons. The first-order valence-electron chi connectivity index (χ1n) is 9.63. The minimum absolute atomic E-state index is 0.0806. The topological polar surface area (TPSA) is 229 Å². The minimum atomic E-state index is -5.74. The molecule has 36 heavy (non-hydrogen) atoms. The zero-order valence-corrected chi connectivity index (χ0v) is 19.8. The summed E-state index contributed by atoms with van der Waals surface area (Å²) < 4.78 is 101. The van der Waals surface area contributed by atoms with Crippen molar-refractivity contribution in [3.63, 3.8) is 0 Å². The summed E-state index contributed by atoms with van der Waals surface area (Å²) in [5.41, 5.74) is -1.72. The van der Waals surface area contributed by atoms with Crippen molar-refractivity contribution in [2.24, 2.45) is 0 Å². The van der Waals surface area contributed by atoms with E-state index < -0.39 is 66.8 Å². The second kappa shape index (κ2) is 7.42. The molecule has 2 aromatic heterocycles. The maximum atomic E-state index is 13.4. The summed E-state index contributed by atoms with van der Waals surface area (Å²) in [7, 11) is -16.9. The van der Waals surface area contributed by atoms with Crippen LogP contribution < -0.4 is 10.9 Å². The van der Waals surface area contributed by atoms with Crippen LogP contribution in [0.15, 0.2) is 66.7 Å². The Morgan fingerprint density at radius 1 is 0.556 bits per heavy atom. The van der Waals surface area contributed by atoms with Crippen LogP contribution in [0, 0.1) is 0 Å². The second-order valence-corrected chi connectivity index (χ2v) is 11.9. The molecule has 0 fully saturated rings. The lowest BCUT2D eigenvalue weighted by molar-refractivity contribution is 0.457. The van der Waals surface area contributed by atoms with Crippen molar-refractivity contribution in [3.8, 4) is 0 Å². The van der Waals surface area contributed by atoms with Crippen LogP contribution >= 0.6 is 0 Å². The molecule has 0 aliphatic heterocycles. The number of pyridine rings is 2. The average Bonchev–Trinajstić information content (AvgIpc) is 2.76. The Bertz CT molecular complexity index is 2270. The molecule has 0 aliphatic carbocycles. The van der Waals surface area contributed by atoms with Crippen LogP contribution in [-0.4, -0.2) is 48.9 Å². The fraction of sp³-hybridized carbons (Fsp3) is 0. The van der Waals surface area contributed by atoms with E-state index in [-0.39, 0.29) is 21.8 Å². The number of benzene rings is 3. The van der Waals surface area contributed by atoms with Gasteiger partial charge in [-0.25, -0.2) is 0 Å². The maximum Gasteiger partial charge on any atom is 0.297 e. The minimum Gasteiger partial charge on any atom is -0.354 e. The molecule has 0 bridgehead atoms. The largest absolute Gasteiger partial charge is 0.354 e. The zero-order valence-electron chi connectivity index (χ0n) is 17.4. The van der Waals surface area contributed by atoms with E-state index >= 15 is 0 Å². The van der Waals surface area contributed by atoms with Gasteiger partial charge in [0.25, 0.3) is 30.4 Å². The van der Waals surface area contributed by atoms with E-state index in [1.807, 2.05) is 0 Å². The Labute approximate surface area is 200 Å². The Hall–Kier alpha value is -3.67. The van der Waals surface area contributed by atoms with Gasteiger partial charge in [-0.2, -0.15) is 25.3 Å². The van der Waals surface area contributed by atoms with E-state index in [2.05, 4.69) is 9.97 Å². The normalized spacial score (nSPS) is 13.2. The number of para-hydroxylation sites is 1. The zero-order chi connectivity index (χ0) is 26.4. The van der Waals surface area contributed by atoms with Gasteiger partial charge >= 0.3 is 0 Å². The number of hydrogen-bond donors (Lipinski definition) is 5. The molecule has 0 amide bonds. The Kier molecular flexibility index (Phi) is 4.95. The highest BCUT2D eigenvalue weighted by Gasteiger charge is 2.36. The smallest absolute Gasteiger partial charge is 0.297 e. The number of aromatic nitrogens is 2. The fourth-order valence-corrected chi connectivity index (χ4v) is 7.55. The van der Waals surface area contributed by atoms with Gasteiger partial charge in [-0.15, -0.1) is 0 Å². The average molecular weight is 553 g/mol. The highest BCUT2D eigenvalue weighted by Crippen LogP contribution is 2.34. The van der Waals surface area contributed by atoms with Crippen LogP contribution in [0.2, 0.25) is 0 Å². The number of hydrogen-bond acceptors (Lipinski definition) is 8. The summed E-state index contributed by atoms with van der Waals surface area (Å²) >= 11 is 0. The first-order chi connectivity index (χ1) is 16.6. The lowest BCUT2D eigenvalue weighted by Gasteiger charge is -2.13. The molecule has 0 saturated heterocycles. The second-order valence-electron chi connectivity index (χ2n) is 7.78. The molecule has 3 aromatic carbocycles. The first-order valence-corrected chi connectivity index (χ1v) is 13.9. The molecule has 0 spiro atoms. The number of aromatic amines is 2. The van der Waals surface area contributed by atoms with Crippen molar-refractivity contribution in [2.45, 2.75) is 14.7 Å². The van der Waals surface area contributed by atoms with Crippen molar-refractivity contribution < 1.29 is 38.9 Å². The third-order valence-electron chi connectivity index (χ3n) is 5.58. The lowest BCUT2D eigenvalue weighted by atomic mass is 10.1. The van der Waals surface area contributed by atoms with Gasteiger partial charge in [-0.3, -0.25) is 23.2 Å². The van der Waals surface area contributed by atoms with E-state index in [1.165, 1.54) is 12.1 Å². The quantitative estimate of drug-likeness (QED) is 0.159. The molecular weight excluding hydrogens is 540 g/mol. The van der Waals surface area contributed by atoms with Crippen molar-refractivity contribution >= 4 is 74.0 Å². The third kappa shape index (κ3) is 3.58. The summed E-state index contributed by atoms with van der Waals surface area (Å²) in [5, 5.41) is -0.845. The molecule has 0 unspecified atom stereocenters. The maximum absolute atomic E-state index is 13.4. The number of fused-ring (bicyclic) bond motifs is 4. The number of nitrogens with one attached hydrogen (secondary N) is 2. The molecule has 0 atom stereocenters. The van der Waals surface area contributed by atoms with Crippen LogP contribution in [0.4, 0.5) is 0 Å². The standard InChI is InChI=1S/C20H12N2O11S3/c23-17-8-3-1-2-4-11(8)21-12-6-10-13(5-9(12)17)22-14-7-15(34(25,26)27)19(35(28,29)30)20(36(31,32)33)16(14)18(10)24/h1-7H,(H,21,23)(H,22,24)(H,25,26,27)(H,28,29,30)(H,31,32,33). The van der Waals surface area contributed by atoms with Crippen LogP contribution in [-0.2, 0) is 30.4 Å². The summed E-state index contributed by atoms with van der Waals surface area (Å²) in [6.45, 7) is 0. The Morgan fingerprint density at radius 3 is 1.64 bits per heavy atom. The van der Waals surface area contributed by atoms with Gasteiger partial charge in [0.05, 0.1) is 21.9 Å². The van der Waals surface area contributed by atoms with Gasteiger partial charge in [0, 0.05) is 21.7 Å². The Balaban J connectivity index is 2.11. The number of H-pyrrole nitrogens is 2. The summed E-state index contributed by atoms with van der Waals surface area (Å²) in [6, 6.07) is 9.32. The van der Waals surface area contributed by atoms with Crippen molar-refractivity contribution in [1.29, 1.82) is 0 Å². The van der Waals surface area contributed by atoms with Gasteiger partial charge < -0.3 is 9.97 Å². The molecule has 13 nitrogen and oxygen atoms in total. The van der Waals surface area contributed by atoms with E-state index in [4.69, 9.17) is 0 Å². The SMILES string of the molecule is O=c1c2ccccc2[nH]c2cc3c(=O)c4c(S(=O)(=O)O)c(S(=O)(=O)O)c(S(=O)(=O)O)cc4[nH]c3cc12. The fourth-order valence-electron chi connectivity index (χ4n) is 4.16. The van der Waals surface area contributed by atoms with Gasteiger partial charge in [0.1, 0.15) is 14.7 Å². The first kappa shape index (κ1) is 24.0. The predicted molar refractivity (Wildman–Crippen MR) is 127 cm³/mol. The molecule has 2 heterocycles. The van der Waals surface area contributed by atoms with E-state index in [0.29, 0.717) is 17.0 Å². The van der Waals surface area contributed by atoms with Crippen LogP contribution in [0.5, 0.6) is 0 Å². The van der Waals surface area contributed by atoms with Crippen molar-refractivity contribution in [1.82, 2.24) is 9.97 Å². The molecule has 0 aliphatic rings. The third-order valence-corrected chi connectivity index (χ3v) is 8.58. The monoisotopic (exact) mass is 552 g/mol. The van der Waals surface area contributed by atoms with Crippen molar-refractivity contribution in [3.05, 3.63) is 62.9 Å².